The van der Waals surface area contributed by atoms with E-state index in [9.17, 15) is 4.79 Å². The second-order valence-corrected chi connectivity index (χ2v) is 4.82. The summed E-state index contributed by atoms with van der Waals surface area (Å²) >= 11 is 0. The number of hydrogen-bond acceptors (Lipinski definition) is 2. The fourth-order valence-electron chi connectivity index (χ4n) is 2.51. The Morgan fingerprint density at radius 3 is 2.89 bits per heavy atom. The van der Waals surface area contributed by atoms with Crippen LogP contribution in [0.2, 0.25) is 0 Å². The number of benzene rings is 1. The van der Waals surface area contributed by atoms with Gasteiger partial charge in [-0.3, -0.25) is 0 Å². The van der Waals surface area contributed by atoms with Gasteiger partial charge in [0.05, 0.1) is 0 Å². The summed E-state index contributed by atoms with van der Waals surface area (Å²) in [5.74, 6) is 0. The minimum Gasteiger partial charge on any atom is -0.445 e. The predicted molar refractivity (Wildman–Crippen MR) is 71.3 cm³/mol. The summed E-state index contributed by atoms with van der Waals surface area (Å²) < 4.78 is 5.38. The van der Waals surface area contributed by atoms with E-state index in [-0.39, 0.29) is 6.09 Å². The Morgan fingerprint density at radius 1 is 1.39 bits per heavy atom. The summed E-state index contributed by atoms with van der Waals surface area (Å²) in [5.41, 5.74) is 1.04. The maximum Gasteiger partial charge on any atom is 0.410 e. The van der Waals surface area contributed by atoms with E-state index in [1.54, 1.807) is 0 Å². The van der Waals surface area contributed by atoms with Crippen LogP contribution >= 0.6 is 0 Å². The Bertz CT molecular complexity index is 377. The molecule has 1 fully saturated rings. The fraction of sp³-hybridized carbons (Fsp3) is 0.533. The average Bonchev–Trinajstić information content (AvgIpc) is 2.86. The highest BCUT2D eigenvalue weighted by molar-refractivity contribution is 5.68. The third-order valence-electron chi connectivity index (χ3n) is 3.44. The van der Waals surface area contributed by atoms with Gasteiger partial charge in [0, 0.05) is 12.6 Å². The Hall–Kier alpha value is -1.51. The Kier molecular flexibility index (Phi) is 4.62. The maximum atomic E-state index is 12.0. The fourth-order valence-corrected chi connectivity index (χ4v) is 2.51. The number of carbonyl (C=O) groups is 1. The molecule has 3 heteroatoms. The van der Waals surface area contributed by atoms with Crippen molar-refractivity contribution in [3.63, 3.8) is 0 Å². The van der Waals surface area contributed by atoms with Crippen molar-refractivity contribution in [2.75, 3.05) is 6.54 Å². The third kappa shape index (κ3) is 3.25. The molecule has 0 N–H and O–H groups in total. The SMILES string of the molecule is CCC[C@@H]1CCCN1C(=O)OCc1ccccc1. The zero-order chi connectivity index (χ0) is 12.8. The number of likely N-dealkylation sites (tertiary alicyclic amines) is 1. The van der Waals surface area contributed by atoms with E-state index in [0.29, 0.717) is 12.6 Å². The molecule has 0 saturated carbocycles. The highest BCUT2D eigenvalue weighted by Gasteiger charge is 2.28. The molecule has 0 aromatic heterocycles. The lowest BCUT2D eigenvalue weighted by Gasteiger charge is -2.23. The van der Waals surface area contributed by atoms with Crippen LogP contribution in [-0.2, 0) is 11.3 Å². The van der Waals surface area contributed by atoms with Crippen LogP contribution in [0.25, 0.3) is 0 Å². The molecular weight excluding hydrogens is 226 g/mol. The number of ether oxygens (including phenoxy) is 1. The van der Waals surface area contributed by atoms with E-state index < -0.39 is 0 Å². The van der Waals surface area contributed by atoms with Crippen LogP contribution in [0.1, 0.15) is 38.2 Å². The monoisotopic (exact) mass is 247 g/mol. The molecule has 0 spiro atoms. The number of hydrogen-bond donors (Lipinski definition) is 0. The standard InChI is InChI=1S/C15H21NO2/c1-2-7-14-10-6-11-16(14)15(17)18-12-13-8-4-3-5-9-13/h3-5,8-9,14H,2,6-7,10-12H2,1H3/t14-/m1/s1. The summed E-state index contributed by atoms with van der Waals surface area (Å²) in [5, 5.41) is 0. The molecule has 1 aliphatic rings. The van der Waals surface area contributed by atoms with E-state index >= 15 is 0 Å². The van der Waals surface area contributed by atoms with Gasteiger partial charge in [0.25, 0.3) is 0 Å². The smallest absolute Gasteiger partial charge is 0.410 e. The number of rotatable bonds is 4. The van der Waals surface area contributed by atoms with Crippen molar-refractivity contribution in [3.8, 4) is 0 Å². The zero-order valence-electron chi connectivity index (χ0n) is 11.0. The lowest BCUT2D eigenvalue weighted by atomic mass is 10.1. The van der Waals surface area contributed by atoms with Gasteiger partial charge in [0.15, 0.2) is 0 Å². The molecule has 0 radical (unpaired) electrons. The lowest BCUT2D eigenvalue weighted by molar-refractivity contribution is 0.0907. The molecule has 98 valence electrons. The second kappa shape index (κ2) is 6.43. The van der Waals surface area contributed by atoms with Crippen molar-refractivity contribution in [2.45, 2.75) is 45.3 Å². The van der Waals surface area contributed by atoms with Gasteiger partial charge in [0.1, 0.15) is 6.61 Å². The third-order valence-corrected chi connectivity index (χ3v) is 3.44. The molecule has 0 unspecified atom stereocenters. The molecule has 1 heterocycles. The van der Waals surface area contributed by atoms with Crippen molar-refractivity contribution in [1.82, 2.24) is 4.90 Å². The molecular formula is C15H21NO2. The van der Waals surface area contributed by atoms with Crippen molar-refractivity contribution in [3.05, 3.63) is 35.9 Å². The van der Waals surface area contributed by atoms with Crippen LogP contribution < -0.4 is 0 Å². The minimum atomic E-state index is -0.158. The van der Waals surface area contributed by atoms with Gasteiger partial charge in [-0.2, -0.15) is 0 Å². The normalized spacial score (nSPS) is 18.9. The average molecular weight is 247 g/mol. The minimum absolute atomic E-state index is 0.158. The Balaban J connectivity index is 1.84. The van der Waals surface area contributed by atoms with Crippen molar-refractivity contribution < 1.29 is 9.53 Å². The summed E-state index contributed by atoms with van der Waals surface area (Å²) in [6, 6.07) is 10.2. The van der Waals surface area contributed by atoms with Crippen LogP contribution in [-0.4, -0.2) is 23.6 Å². The van der Waals surface area contributed by atoms with E-state index in [1.165, 1.54) is 0 Å². The largest absolute Gasteiger partial charge is 0.445 e. The Morgan fingerprint density at radius 2 is 2.17 bits per heavy atom. The van der Waals surface area contributed by atoms with Crippen LogP contribution in [0.15, 0.2) is 30.3 Å². The van der Waals surface area contributed by atoms with Crippen molar-refractivity contribution >= 4 is 6.09 Å². The maximum absolute atomic E-state index is 12.0. The summed E-state index contributed by atoms with van der Waals surface area (Å²) in [4.78, 5) is 13.9. The molecule has 1 amide bonds. The molecule has 1 aliphatic heterocycles. The molecule has 0 aliphatic carbocycles. The van der Waals surface area contributed by atoms with E-state index in [1.807, 2.05) is 35.2 Å². The topological polar surface area (TPSA) is 29.5 Å². The van der Waals surface area contributed by atoms with Crippen LogP contribution in [0.5, 0.6) is 0 Å². The molecule has 0 bridgehead atoms. The van der Waals surface area contributed by atoms with Crippen LogP contribution in [0.4, 0.5) is 4.79 Å². The number of nitrogens with zero attached hydrogens (tertiary/aromatic N) is 1. The highest BCUT2D eigenvalue weighted by atomic mass is 16.6. The summed E-state index contributed by atoms with van der Waals surface area (Å²) in [6.45, 7) is 3.37. The first kappa shape index (κ1) is 12.9. The van der Waals surface area contributed by atoms with Gasteiger partial charge >= 0.3 is 6.09 Å². The first-order valence-corrected chi connectivity index (χ1v) is 6.78. The molecule has 1 saturated heterocycles. The second-order valence-electron chi connectivity index (χ2n) is 4.82. The molecule has 1 atom stereocenters. The predicted octanol–water partition coefficient (Wildman–Crippen LogP) is 3.59. The van der Waals surface area contributed by atoms with Gasteiger partial charge in [-0.15, -0.1) is 0 Å². The van der Waals surface area contributed by atoms with Gasteiger partial charge in [0.2, 0.25) is 0 Å². The van der Waals surface area contributed by atoms with Gasteiger partial charge < -0.3 is 9.64 Å². The van der Waals surface area contributed by atoms with E-state index in [0.717, 1.165) is 37.8 Å². The van der Waals surface area contributed by atoms with Crippen LogP contribution in [0, 0.1) is 0 Å². The van der Waals surface area contributed by atoms with Crippen LogP contribution in [0.3, 0.4) is 0 Å². The summed E-state index contributed by atoms with van der Waals surface area (Å²) in [7, 11) is 0. The quantitative estimate of drug-likeness (QED) is 0.813. The molecule has 18 heavy (non-hydrogen) atoms. The Labute approximate surface area is 109 Å². The molecule has 1 aromatic carbocycles. The molecule has 1 aromatic rings. The van der Waals surface area contributed by atoms with Gasteiger partial charge in [-0.25, -0.2) is 4.79 Å². The first-order chi connectivity index (χ1) is 8.81. The van der Waals surface area contributed by atoms with Crippen molar-refractivity contribution in [1.29, 1.82) is 0 Å². The highest BCUT2D eigenvalue weighted by Crippen LogP contribution is 2.22. The van der Waals surface area contributed by atoms with E-state index in [4.69, 9.17) is 4.74 Å². The lowest BCUT2D eigenvalue weighted by Crippen LogP contribution is -2.35. The van der Waals surface area contributed by atoms with Gasteiger partial charge in [-0.05, 0) is 24.8 Å². The summed E-state index contributed by atoms with van der Waals surface area (Å²) in [6.07, 6.45) is 4.27. The van der Waals surface area contributed by atoms with Gasteiger partial charge in [-0.1, -0.05) is 43.7 Å². The number of carbonyl (C=O) groups excluding carboxylic acids is 1. The van der Waals surface area contributed by atoms with E-state index in [2.05, 4.69) is 6.92 Å². The van der Waals surface area contributed by atoms with Crippen molar-refractivity contribution in [2.24, 2.45) is 0 Å². The zero-order valence-corrected chi connectivity index (χ0v) is 11.0. The number of amides is 1. The molecule has 2 rings (SSSR count). The molecule has 3 nitrogen and oxygen atoms in total. The first-order valence-electron chi connectivity index (χ1n) is 6.78.